The summed E-state index contributed by atoms with van der Waals surface area (Å²) >= 11 is 0. The Balaban J connectivity index is 1.50. The molecule has 0 saturated heterocycles. The molecular weight excluding hydrogens is 366 g/mol. The van der Waals surface area contributed by atoms with Crippen LogP contribution < -0.4 is 4.74 Å². The Morgan fingerprint density at radius 1 is 1.14 bits per heavy atom. The third-order valence-corrected chi connectivity index (χ3v) is 5.00. The van der Waals surface area contributed by atoms with Gasteiger partial charge in [0.15, 0.2) is 0 Å². The van der Waals surface area contributed by atoms with Crippen molar-refractivity contribution < 1.29 is 14.3 Å². The standard InChI is InChI=1S/C23H21N3O3/c1-28-22-13-17(11-12-24-22)4-3-16-5-7-18(8-6-16)20-15-26-14-19(23(27)29-2)9-10-21(26)25-20/h5-8,11-13,15,19H,9-10,14H2,1-2H3. The molecule has 3 heterocycles. The van der Waals surface area contributed by atoms with E-state index < -0.39 is 0 Å². The molecule has 0 amide bonds. The minimum Gasteiger partial charge on any atom is -0.481 e. The van der Waals surface area contributed by atoms with Gasteiger partial charge in [0.1, 0.15) is 5.82 Å². The lowest BCUT2D eigenvalue weighted by Crippen LogP contribution is -2.27. The summed E-state index contributed by atoms with van der Waals surface area (Å²) in [4.78, 5) is 20.6. The summed E-state index contributed by atoms with van der Waals surface area (Å²) in [5.41, 5.74) is 3.70. The Morgan fingerprint density at radius 2 is 1.93 bits per heavy atom. The van der Waals surface area contributed by atoms with Gasteiger partial charge in [0.2, 0.25) is 5.88 Å². The molecule has 1 unspecified atom stereocenters. The van der Waals surface area contributed by atoms with Gasteiger partial charge in [-0.05, 0) is 24.6 Å². The molecule has 0 N–H and O–H groups in total. The van der Waals surface area contributed by atoms with E-state index in [4.69, 9.17) is 14.5 Å². The average Bonchev–Trinajstić information content (AvgIpc) is 3.21. The number of imidazole rings is 1. The van der Waals surface area contributed by atoms with Crippen LogP contribution in [0.2, 0.25) is 0 Å². The monoisotopic (exact) mass is 387 g/mol. The highest BCUT2D eigenvalue weighted by Crippen LogP contribution is 2.25. The van der Waals surface area contributed by atoms with Crippen LogP contribution in [0, 0.1) is 17.8 Å². The Hall–Kier alpha value is -3.59. The maximum absolute atomic E-state index is 11.8. The number of aryl methyl sites for hydroxylation is 1. The number of rotatable bonds is 3. The maximum Gasteiger partial charge on any atom is 0.310 e. The quantitative estimate of drug-likeness (QED) is 0.510. The van der Waals surface area contributed by atoms with E-state index in [-0.39, 0.29) is 11.9 Å². The number of carbonyl (C=O) groups excluding carboxylic acids is 1. The molecule has 0 fully saturated rings. The van der Waals surface area contributed by atoms with Crippen molar-refractivity contribution in [1.82, 2.24) is 14.5 Å². The highest BCUT2D eigenvalue weighted by atomic mass is 16.5. The first-order chi connectivity index (χ1) is 14.2. The Kier molecular flexibility index (Phi) is 5.30. The first-order valence-electron chi connectivity index (χ1n) is 9.42. The number of aromatic nitrogens is 3. The lowest BCUT2D eigenvalue weighted by Gasteiger charge is -2.21. The largest absolute Gasteiger partial charge is 0.481 e. The number of benzene rings is 1. The van der Waals surface area contributed by atoms with Crippen LogP contribution in [0.15, 0.2) is 48.8 Å². The van der Waals surface area contributed by atoms with E-state index in [0.29, 0.717) is 12.4 Å². The van der Waals surface area contributed by atoms with Crippen LogP contribution >= 0.6 is 0 Å². The molecule has 0 radical (unpaired) electrons. The van der Waals surface area contributed by atoms with Crippen LogP contribution in [-0.2, 0) is 22.5 Å². The number of pyridine rings is 1. The maximum atomic E-state index is 11.8. The molecule has 1 atom stereocenters. The summed E-state index contributed by atoms with van der Waals surface area (Å²) in [6.07, 6.45) is 5.24. The molecule has 1 aliphatic rings. The van der Waals surface area contributed by atoms with E-state index in [1.807, 2.05) is 36.5 Å². The number of methoxy groups -OCH3 is 2. The molecule has 4 rings (SSSR count). The minimum absolute atomic E-state index is 0.0981. The van der Waals surface area contributed by atoms with Gasteiger partial charge < -0.3 is 14.0 Å². The fraction of sp³-hybridized carbons (Fsp3) is 0.261. The summed E-state index contributed by atoms with van der Waals surface area (Å²) < 4.78 is 12.1. The molecule has 0 aliphatic carbocycles. The molecule has 1 aliphatic heterocycles. The summed E-state index contributed by atoms with van der Waals surface area (Å²) in [5.74, 6) is 7.58. The van der Waals surface area contributed by atoms with Crippen LogP contribution in [0.3, 0.4) is 0 Å². The van der Waals surface area contributed by atoms with Crippen molar-refractivity contribution in [2.75, 3.05) is 14.2 Å². The Morgan fingerprint density at radius 3 is 2.69 bits per heavy atom. The number of fused-ring (bicyclic) bond motifs is 1. The highest BCUT2D eigenvalue weighted by Gasteiger charge is 2.26. The van der Waals surface area contributed by atoms with Gasteiger partial charge in [0.05, 0.1) is 25.8 Å². The number of carbonyl (C=O) groups is 1. The second-order valence-electron chi connectivity index (χ2n) is 6.87. The fourth-order valence-electron chi connectivity index (χ4n) is 3.41. The zero-order valence-electron chi connectivity index (χ0n) is 16.4. The smallest absolute Gasteiger partial charge is 0.310 e. The third-order valence-electron chi connectivity index (χ3n) is 5.00. The van der Waals surface area contributed by atoms with Gasteiger partial charge in [0.25, 0.3) is 0 Å². The zero-order chi connectivity index (χ0) is 20.2. The van der Waals surface area contributed by atoms with Gasteiger partial charge in [-0.2, -0.15) is 0 Å². The summed E-state index contributed by atoms with van der Waals surface area (Å²) in [6.45, 7) is 0.619. The summed E-state index contributed by atoms with van der Waals surface area (Å²) in [7, 11) is 3.02. The molecule has 0 bridgehead atoms. The van der Waals surface area contributed by atoms with Gasteiger partial charge in [-0.3, -0.25) is 4.79 Å². The first-order valence-corrected chi connectivity index (χ1v) is 9.42. The first kappa shape index (κ1) is 18.8. The van der Waals surface area contributed by atoms with Crippen molar-refractivity contribution in [3.05, 3.63) is 65.7 Å². The van der Waals surface area contributed by atoms with Crippen molar-refractivity contribution in [2.45, 2.75) is 19.4 Å². The van der Waals surface area contributed by atoms with Gasteiger partial charge in [0, 0.05) is 48.1 Å². The number of nitrogens with zero attached hydrogens (tertiary/aromatic N) is 3. The normalized spacial score (nSPS) is 15.0. The topological polar surface area (TPSA) is 66.2 Å². The highest BCUT2D eigenvalue weighted by molar-refractivity contribution is 5.72. The minimum atomic E-state index is -0.152. The van der Waals surface area contributed by atoms with E-state index in [0.717, 1.165) is 41.1 Å². The van der Waals surface area contributed by atoms with Gasteiger partial charge >= 0.3 is 5.97 Å². The number of hydrogen-bond donors (Lipinski definition) is 0. The van der Waals surface area contributed by atoms with Crippen LogP contribution in [0.4, 0.5) is 0 Å². The molecule has 0 spiro atoms. The Labute approximate surface area is 169 Å². The molecular formula is C23H21N3O3. The van der Waals surface area contributed by atoms with Crippen LogP contribution in [0.1, 0.15) is 23.4 Å². The number of esters is 1. The van der Waals surface area contributed by atoms with Crippen molar-refractivity contribution in [3.63, 3.8) is 0 Å². The molecule has 0 saturated carbocycles. The van der Waals surface area contributed by atoms with Gasteiger partial charge in [-0.15, -0.1) is 0 Å². The average molecular weight is 387 g/mol. The van der Waals surface area contributed by atoms with Gasteiger partial charge in [-0.25, -0.2) is 9.97 Å². The van der Waals surface area contributed by atoms with E-state index in [9.17, 15) is 4.79 Å². The predicted octanol–water partition coefficient (Wildman–Crippen LogP) is 3.09. The third kappa shape index (κ3) is 4.14. The van der Waals surface area contributed by atoms with Crippen molar-refractivity contribution in [3.8, 4) is 29.0 Å². The molecule has 6 nitrogen and oxygen atoms in total. The van der Waals surface area contributed by atoms with Crippen molar-refractivity contribution >= 4 is 5.97 Å². The van der Waals surface area contributed by atoms with Gasteiger partial charge in [-0.1, -0.05) is 24.0 Å². The predicted molar refractivity (Wildman–Crippen MR) is 108 cm³/mol. The van der Waals surface area contributed by atoms with E-state index in [1.54, 1.807) is 19.4 Å². The molecule has 1 aromatic carbocycles. The van der Waals surface area contributed by atoms with Crippen LogP contribution in [0.25, 0.3) is 11.3 Å². The zero-order valence-corrected chi connectivity index (χ0v) is 16.4. The van der Waals surface area contributed by atoms with Crippen LogP contribution in [0.5, 0.6) is 5.88 Å². The molecule has 2 aromatic heterocycles. The summed E-state index contributed by atoms with van der Waals surface area (Å²) in [5, 5.41) is 0. The van der Waals surface area contributed by atoms with E-state index in [2.05, 4.69) is 21.4 Å². The molecule has 146 valence electrons. The molecule has 6 heteroatoms. The SMILES string of the molecule is COC(=O)C1CCc2nc(-c3ccc(C#Cc4ccnc(OC)c4)cc3)cn2C1. The number of hydrogen-bond acceptors (Lipinski definition) is 5. The Bertz CT molecular complexity index is 1090. The summed E-state index contributed by atoms with van der Waals surface area (Å²) in [6, 6.07) is 11.7. The molecule has 29 heavy (non-hydrogen) atoms. The fourth-order valence-corrected chi connectivity index (χ4v) is 3.41. The second kappa shape index (κ2) is 8.19. The van der Waals surface area contributed by atoms with E-state index in [1.165, 1.54) is 7.11 Å². The number of ether oxygens (including phenoxy) is 2. The second-order valence-corrected chi connectivity index (χ2v) is 6.87. The molecule has 3 aromatic rings. The lowest BCUT2D eigenvalue weighted by molar-refractivity contribution is -0.146. The lowest BCUT2D eigenvalue weighted by atomic mass is 10.00. The van der Waals surface area contributed by atoms with Crippen molar-refractivity contribution in [1.29, 1.82) is 0 Å². The van der Waals surface area contributed by atoms with Crippen LogP contribution in [-0.4, -0.2) is 34.7 Å². The van der Waals surface area contributed by atoms with Crippen molar-refractivity contribution in [2.24, 2.45) is 5.92 Å². The van der Waals surface area contributed by atoms with E-state index >= 15 is 0 Å².